The molecule has 0 aliphatic rings. The highest BCUT2D eigenvalue weighted by atomic mass is 35.5. The topological polar surface area (TPSA) is 218 Å². The number of hydrogen-bond donors (Lipinski definition) is 4. The Balaban J connectivity index is 1.34. The number of carbonyl (C=O) groups is 6. The zero-order valence-electron chi connectivity index (χ0n) is 37.5. The van der Waals surface area contributed by atoms with Gasteiger partial charge in [-0.1, -0.05) is 47.5 Å². The van der Waals surface area contributed by atoms with E-state index in [9.17, 15) is 28.8 Å². The van der Waals surface area contributed by atoms with Crippen molar-refractivity contribution in [3.05, 3.63) is 129 Å². The van der Waals surface area contributed by atoms with Gasteiger partial charge in [-0.3, -0.25) is 28.8 Å². The second-order valence-electron chi connectivity index (χ2n) is 14.9. The summed E-state index contributed by atoms with van der Waals surface area (Å²) >= 11 is 25.2. The Morgan fingerprint density at radius 2 is 0.956 bits per heavy atom. The van der Waals surface area contributed by atoms with Gasteiger partial charge < -0.3 is 30.7 Å². The third-order valence-corrected chi connectivity index (χ3v) is 10.8. The van der Waals surface area contributed by atoms with Crippen LogP contribution < -0.4 is 30.7 Å². The van der Waals surface area contributed by atoms with Crippen LogP contribution in [0.1, 0.15) is 84.1 Å². The van der Waals surface area contributed by atoms with Crippen molar-refractivity contribution in [3.8, 4) is 11.5 Å². The van der Waals surface area contributed by atoms with Gasteiger partial charge in [0.25, 0.3) is 23.6 Å². The average Bonchev–Trinajstić information content (AvgIpc) is 3.28. The molecule has 5 aromatic carbocycles. The first kappa shape index (κ1) is 52.3. The van der Waals surface area contributed by atoms with Gasteiger partial charge in [0.2, 0.25) is 12.1 Å². The van der Waals surface area contributed by atoms with Crippen LogP contribution in [0.5, 0.6) is 11.5 Å². The summed E-state index contributed by atoms with van der Waals surface area (Å²) in [5.41, 5.74) is 3.07. The van der Waals surface area contributed by atoms with Gasteiger partial charge in [0, 0.05) is 40.3 Å². The van der Waals surface area contributed by atoms with Crippen molar-refractivity contribution in [1.82, 2.24) is 0 Å². The highest BCUT2D eigenvalue weighted by molar-refractivity contribution is 6.33. The van der Waals surface area contributed by atoms with Crippen LogP contribution in [0.2, 0.25) is 10.0 Å². The number of alkyl halides is 2. The quantitative estimate of drug-likeness (QED) is 0.0333. The summed E-state index contributed by atoms with van der Waals surface area (Å²) in [7, 11) is 0. The Bertz CT molecular complexity index is 2760. The zero-order chi connectivity index (χ0) is 49.7. The largest absolute Gasteiger partial charge is 0.491 e. The molecule has 0 heterocycles. The molecule has 0 aromatic heterocycles. The zero-order valence-corrected chi connectivity index (χ0v) is 40.6. The van der Waals surface area contributed by atoms with E-state index < -0.39 is 47.3 Å². The third kappa shape index (κ3) is 14.2. The van der Waals surface area contributed by atoms with Gasteiger partial charge in [0.1, 0.15) is 28.6 Å². The summed E-state index contributed by atoms with van der Waals surface area (Å²) in [5.74, 6) is -4.12. The van der Waals surface area contributed by atoms with Gasteiger partial charge in [-0.15, -0.1) is 23.2 Å². The van der Waals surface area contributed by atoms with Crippen molar-refractivity contribution in [2.24, 2.45) is 20.5 Å². The van der Waals surface area contributed by atoms with E-state index in [0.29, 0.717) is 11.4 Å². The Kier molecular flexibility index (Phi) is 18.7. The van der Waals surface area contributed by atoms with Crippen LogP contribution >= 0.6 is 46.4 Å². The molecule has 4 unspecified atom stereocenters. The molecule has 0 spiro atoms. The second-order valence-corrected chi connectivity index (χ2v) is 17.0. The van der Waals surface area contributed by atoms with Crippen LogP contribution in [0.15, 0.2) is 118 Å². The fraction of sp³-hybridized carbons (Fsp3) is 0.250. The van der Waals surface area contributed by atoms with Gasteiger partial charge in [-0.25, -0.2) is 0 Å². The standard InChI is InChI=1S/C48H46Cl4N8O8/c1-7-67-40-23-35(55-47(65)42(27(5)61)59-57-38-21-31(15-17-36(38)51)45(63)53-33-13-9-11-29(19-33)25(3)49)24-41(68-8-2)44(40)56-48(66)43(28(6)62)60-58-39-22-32(16-18-37(39)52)46(64)54-34-14-10-12-30(20-34)26(4)50/h9-26,42-43H,7-8H2,1-6H3,(H,53,63)(H,54,64)(H,55,65)(H,56,66). The van der Waals surface area contributed by atoms with E-state index in [4.69, 9.17) is 55.9 Å². The third-order valence-electron chi connectivity index (χ3n) is 9.63. The maximum atomic E-state index is 13.8. The molecule has 4 amide bonds. The molecule has 0 saturated carbocycles. The Morgan fingerprint density at radius 1 is 0.544 bits per heavy atom. The summed E-state index contributed by atoms with van der Waals surface area (Å²) in [6, 6.07) is 22.0. The molecule has 0 radical (unpaired) electrons. The van der Waals surface area contributed by atoms with Gasteiger partial charge in [0.15, 0.2) is 11.6 Å². The number of azo groups is 2. The molecule has 4 N–H and O–H groups in total. The lowest BCUT2D eigenvalue weighted by molar-refractivity contribution is -0.127. The first-order valence-electron chi connectivity index (χ1n) is 21.0. The van der Waals surface area contributed by atoms with Gasteiger partial charge in [-0.05, 0) is 113 Å². The minimum atomic E-state index is -1.70. The fourth-order valence-corrected chi connectivity index (χ4v) is 6.78. The minimum Gasteiger partial charge on any atom is -0.491 e. The molecular formula is C48H46Cl4N8O8. The van der Waals surface area contributed by atoms with Crippen LogP contribution in [0.3, 0.4) is 0 Å². The Hall–Kier alpha value is -6.72. The second kappa shape index (κ2) is 24.3. The number of rotatable bonds is 20. The number of ketones is 2. The van der Waals surface area contributed by atoms with E-state index >= 15 is 0 Å². The normalized spacial score (nSPS) is 13.0. The first-order valence-corrected chi connectivity index (χ1v) is 22.6. The number of benzene rings is 5. The fourth-order valence-electron chi connectivity index (χ4n) is 6.20. The number of hydrogen-bond acceptors (Lipinski definition) is 12. The predicted molar refractivity (Wildman–Crippen MR) is 264 cm³/mol. The van der Waals surface area contributed by atoms with Crippen molar-refractivity contribution < 1.29 is 38.2 Å². The minimum absolute atomic E-state index is 0.00867. The highest BCUT2D eigenvalue weighted by Crippen LogP contribution is 2.39. The van der Waals surface area contributed by atoms with Crippen molar-refractivity contribution >= 4 is 116 Å². The lowest BCUT2D eigenvalue weighted by Gasteiger charge is -2.19. The molecule has 0 bridgehead atoms. The molecule has 0 saturated heterocycles. The molecule has 4 atom stereocenters. The van der Waals surface area contributed by atoms with Crippen LogP contribution in [0.4, 0.5) is 34.1 Å². The SMILES string of the molecule is CCOc1cc(NC(=O)C(N=Nc2cc(C(=O)Nc3cccc(C(C)Cl)c3)ccc2Cl)C(C)=O)cc(OCC)c1NC(=O)C(N=Nc1cc(C(=O)Nc2cccc(C(C)Cl)c2)ccc1Cl)C(C)=O. The van der Waals surface area contributed by atoms with E-state index in [-0.39, 0.29) is 79.4 Å². The molecule has 5 aromatic rings. The predicted octanol–water partition coefficient (Wildman–Crippen LogP) is 12.3. The summed E-state index contributed by atoms with van der Waals surface area (Å²) in [6.07, 6.45) is 0. The van der Waals surface area contributed by atoms with Crippen molar-refractivity contribution in [2.45, 2.75) is 64.4 Å². The lowest BCUT2D eigenvalue weighted by Crippen LogP contribution is -2.32. The smallest absolute Gasteiger partial charge is 0.259 e. The Morgan fingerprint density at radius 3 is 1.34 bits per heavy atom. The van der Waals surface area contributed by atoms with Crippen LogP contribution in [0.25, 0.3) is 0 Å². The molecule has 20 heteroatoms. The average molecular weight is 1000 g/mol. The number of anilines is 4. The molecule has 5 rings (SSSR count). The van der Waals surface area contributed by atoms with Crippen LogP contribution in [0, 0.1) is 0 Å². The van der Waals surface area contributed by atoms with Crippen molar-refractivity contribution in [3.63, 3.8) is 0 Å². The summed E-state index contributed by atoms with van der Waals surface area (Å²) in [5, 5.41) is 26.6. The lowest BCUT2D eigenvalue weighted by atomic mass is 10.1. The summed E-state index contributed by atoms with van der Waals surface area (Å²) in [6.45, 7) is 9.43. The molecule has 354 valence electrons. The van der Waals surface area contributed by atoms with Crippen LogP contribution in [-0.2, 0) is 19.2 Å². The highest BCUT2D eigenvalue weighted by Gasteiger charge is 2.28. The molecule has 0 aliphatic carbocycles. The molecule has 68 heavy (non-hydrogen) atoms. The molecule has 16 nitrogen and oxygen atoms in total. The number of ether oxygens (including phenoxy) is 2. The first-order chi connectivity index (χ1) is 32.4. The summed E-state index contributed by atoms with van der Waals surface area (Å²) in [4.78, 5) is 79.3. The maximum absolute atomic E-state index is 13.8. The van der Waals surface area contributed by atoms with Crippen LogP contribution in [-0.4, -0.2) is 60.5 Å². The molecular weight excluding hydrogens is 958 g/mol. The van der Waals surface area contributed by atoms with Gasteiger partial charge >= 0.3 is 0 Å². The maximum Gasteiger partial charge on any atom is 0.259 e. The van der Waals surface area contributed by atoms with Gasteiger partial charge in [0.05, 0.1) is 34.0 Å². The number of nitrogens with zero attached hydrogens (tertiary/aromatic N) is 4. The van der Waals surface area contributed by atoms with E-state index in [2.05, 4.69) is 41.7 Å². The van der Waals surface area contributed by atoms with E-state index in [1.165, 1.54) is 48.5 Å². The monoisotopic (exact) mass is 1000 g/mol. The van der Waals surface area contributed by atoms with Gasteiger partial charge in [-0.2, -0.15) is 20.5 Å². The number of amides is 4. The molecule has 0 aliphatic heterocycles. The number of carbonyl (C=O) groups excluding carboxylic acids is 6. The molecule has 0 fully saturated rings. The summed E-state index contributed by atoms with van der Waals surface area (Å²) < 4.78 is 11.7. The number of Topliss-reactive ketones (excluding diaryl/α,β-unsaturated/α-hetero) is 2. The van der Waals surface area contributed by atoms with E-state index in [1.54, 1.807) is 50.2 Å². The van der Waals surface area contributed by atoms with E-state index in [1.807, 2.05) is 26.0 Å². The van der Waals surface area contributed by atoms with Crippen molar-refractivity contribution in [2.75, 3.05) is 34.5 Å². The van der Waals surface area contributed by atoms with E-state index in [0.717, 1.165) is 25.0 Å². The van der Waals surface area contributed by atoms with Crippen molar-refractivity contribution in [1.29, 1.82) is 0 Å². The number of halogens is 4. The number of nitrogens with one attached hydrogen (secondary N) is 4. The Labute approximate surface area is 412 Å².